The molecule has 3 N–H and O–H groups in total. The van der Waals surface area contributed by atoms with Crippen molar-refractivity contribution in [2.75, 3.05) is 0 Å². The third-order valence-corrected chi connectivity index (χ3v) is 6.33. The topological polar surface area (TPSA) is 55.9 Å². The fourth-order valence-corrected chi connectivity index (χ4v) is 6.38. The monoisotopic (exact) mass is 274 g/mol. The number of nitrogens with zero attached hydrogens (tertiary/aromatic N) is 2. The minimum Gasteiger partial charge on any atom is -0.271 e. The third-order valence-electron chi connectivity index (χ3n) is 6.33. The Kier molecular flexibility index (Phi) is 2.62. The van der Waals surface area contributed by atoms with Gasteiger partial charge in [-0.1, -0.05) is 6.92 Å². The zero-order chi connectivity index (χ0) is 14.0. The molecule has 4 fully saturated rings. The van der Waals surface area contributed by atoms with Gasteiger partial charge in [0.1, 0.15) is 0 Å². The lowest BCUT2D eigenvalue weighted by atomic mass is 9.43. The summed E-state index contributed by atoms with van der Waals surface area (Å²) < 4.78 is 1.99. The number of rotatable bonds is 3. The summed E-state index contributed by atoms with van der Waals surface area (Å²) in [5.41, 5.74) is 5.31. The Morgan fingerprint density at radius 3 is 2.55 bits per heavy atom. The van der Waals surface area contributed by atoms with Crippen LogP contribution in [0.2, 0.25) is 0 Å². The van der Waals surface area contributed by atoms with Crippen molar-refractivity contribution in [2.24, 2.45) is 35.6 Å². The molecular weight excluding hydrogens is 248 g/mol. The largest absolute Gasteiger partial charge is 0.271 e. The van der Waals surface area contributed by atoms with Crippen molar-refractivity contribution in [3.05, 3.63) is 18.0 Å². The first-order chi connectivity index (χ1) is 9.54. The second kappa shape index (κ2) is 4.08. The van der Waals surface area contributed by atoms with E-state index in [1.807, 2.05) is 17.9 Å². The summed E-state index contributed by atoms with van der Waals surface area (Å²) in [5.74, 6) is 7.85. The summed E-state index contributed by atoms with van der Waals surface area (Å²) in [5, 5.41) is 4.35. The Labute approximate surface area is 121 Å². The normalized spacial score (nSPS) is 44.0. The van der Waals surface area contributed by atoms with Crippen LogP contribution in [0.4, 0.5) is 0 Å². The van der Waals surface area contributed by atoms with Crippen molar-refractivity contribution < 1.29 is 0 Å². The minimum atomic E-state index is 0.250. The van der Waals surface area contributed by atoms with E-state index in [1.54, 1.807) is 0 Å². The number of hydrogen-bond acceptors (Lipinski definition) is 3. The summed E-state index contributed by atoms with van der Waals surface area (Å²) in [6, 6.07) is 2.38. The van der Waals surface area contributed by atoms with E-state index in [-0.39, 0.29) is 6.04 Å². The smallest absolute Gasteiger partial charge is 0.0685 e. The van der Waals surface area contributed by atoms with Crippen molar-refractivity contribution in [3.63, 3.8) is 0 Å². The predicted octanol–water partition coefficient (Wildman–Crippen LogP) is 2.53. The second-order valence-corrected chi connectivity index (χ2v) is 8.11. The number of hydrazine groups is 1. The molecule has 3 unspecified atom stereocenters. The van der Waals surface area contributed by atoms with Gasteiger partial charge >= 0.3 is 0 Å². The highest BCUT2D eigenvalue weighted by Crippen LogP contribution is 2.68. The van der Waals surface area contributed by atoms with Gasteiger partial charge in [0.05, 0.1) is 11.7 Å². The average molecular weight is 274 g/mol. The maximum atomic E-state index is 6.01. The Bertz CT molecular complexity index is 506. The van der Waals surface area contributed by atoms with E-state index in [2.05, 4.69) is 23.5 Å². The van der Waals surface area contributed by atoms with E-state index in [9.17, 15) is 0 Å². The molecule has 4 bridgehead atoms. The molecule has 110 valence electrons. The van der Waals surface area contributed by atoms with E-state index in [0.717, 1.165) is 11.8 Å². The summed E-state index contributed by atoms with van der Waals surface area (Å²) in [4.78, 5) is 0. The van der Waals surface area contributed by atoms with Gasteiger partial charge < -0.3 is 0 Å². The van der Waals surface area contributed by atoms with Gasteiger partial charge in [0.25, 0.3) is 0 Å². The molecule has 0 aliphatic heterocycles. The van der Waals surface area contributed by atoms with Gasteiger partial charge in [0, 0.05) is 13.2 Å². The van der Waals surface area contributed by atoms with Gasteiger partial charge in [0.15, 0.2) is 0 Å². The highest BCUT2D eigenvalue weighted by molar-refractivity contribution is 5.17. The Balaban J connectivity index is 1.74. The Morgan fingerprint density at radius 1 is 1.35 bits per heavy atom. The van der Waals surface area contributed by atoms with Gasteiger partial charge in [0.2, 0.25) is 0 Å². The molecule has 4 aliphatic rings. The van der Waals surface area contributed by atoms with Crippen molar-refractivity contribution in [3.8, 4) is 0 Å². The maximum Gasteiger partial charge on any atom is 0.0685 e. The molecule has 1 heterocycles. The van der Waals surface area contributed by atoms with Crippen molar-refractivity contribution in [1.82, 2.24) is 15.2 Å². The first kappa shape index (κ1) is 12.8. The predicted molar refractivity (Wildman–Crippen MR) is 78.5 cm³/mol. The lowest BCUT2D eigenvalue weighted by Gasteiger charge is -2.63. The quantitative estimate of drug-likeness (QED) is 0.658. The van der Waals surface area contributed by atoms with E-state index >= 15 is 0 Å². The summed E-state index contributed by atoms with van der Waals surface area (Å²) in [6.07, 6.45) is 10.2. The number of hydrogen-bond donors (Lipinski definition) is 2. The molecule has 20 heavy (non-hydrogen) atoms. The van der Waals surface area contributed by atoms with Crippen LogP contribution < -0.4 is 11.3 Å². The highest BCUT2D eigenvalue weighted by atomic mass is 15.3. The molecule has 1 aromatic heterocycles. The van der Waals surface area contributed by atoms with Crippen molar-refractivity contribution in [1.29, 1.82) is 0 Å². The molecule has 1 aromatic rings. The standard InChI is InChI=1S/C16H26N4/c1-15-6-11-5-12(7-15)9-16(8-11,10-15)14(19-17)13-3-4-18-20(13)2/h3-4,11-12,14,19H,5-10,17H2,1-2H3. The van der Waals surface area contributed by atoms with Crippen LogP contribution in [0.1, 0.15) is 57.2 Å². The summed E-state index contributed by atoms with van der Waals surface area (Å²) in [6.45, 7) is 2.51. The van der Waals surface area contributed by atoms with Crippen LogP contribution in [-0.4, -0.2) is 9.78 Å². The fourth-order valence-electron chi connectivity index (χ4n) is 6.38. The van der Waals surface area contributed by atoms with Crippen LogP contribution >= 0.6 is 0 Å². The lowest BCUT2D eigenvalue weighted by Crippen LogP contribution is -2.56. The summed E-state index contributed by atoms with van der Waals surface area (Å²) >= 11 is 0. The Morgan fingerprint density at radius 2 is 2.05 bits per heavy atom. The molecule has 4 nitrogen and oxygen atoms in total. The van der Waals surface area contributed by atoms with E-state index in [0.29, 0.717) is 10.8 Å². The van der Waals surface area contributed by atoms with Gasteiger partial charge in [-0.05, 0) is 67.3 Å². The molecule has 0 aromatic carbocycles. The maximum absolute atomic E-state index is 6.01. The molecule has 5 rings (SSSR count). The minimum absolute atomic E-state index is 0.250. The van der Waals surface area contributed by atoms with Crippen LogP contribution in [0.3, 0.4) is 0 Å². The molecule has 4 aliphatic carbocycles. The molecule has 0 amide bonds. The first-order valence-electron chi connectivity index (χ1n) is 7.98. The lowest BCUT2D eigenvalue weighted by molar-refractivity contribution is -0.120. The first-order valence-corrected chi connectivity index (χ1v) is 7.98. The molecule has 0 spiro atoms. The van der Waals surface area contributed by atoms with E-state index < -0.39 is 0 Å². The van der Waals surface area contributed by atoms with Gasteiger partial charge in [-0.15, -0.1) is 0 Å². The molecule has 4 saturated carbocycles. The molecular formula is C16H26N4. The Hall–Kier alpha value is -0.870. The number of nitrogens with one attached hydrogen (secondary N) is 1. The molecule has 4 heteroatoms. The van der Waals surface area contributed by atoms with Gasteiger partial charge in [-0.3, -0.25) is 16.0 Å². The van der Waals surface area contributed by atoms with Crippen LogP contribution in [0.25, 0.3) is 0 Å². The summed E-state index contributed by atoms with van der Waals surface area (Å²) in [7, 11) is 2.03. The van der Waals surface area contributed by atoms with Gasteiger partial charge in [-0.2, -0.15) is 5.10 Å². The zero-order valence-electron chi connectivity index (χ0n) is 12.6. The van der Waals surface area contributed by atoms with E-state index in [4.69, 9.17) is 5.84 Å². The fraction of sp³-hybridized carbons (Fsp3) is 0.812. The zero-order valence-corrected chi connectivity index (χ0v) is 12.6. The second-order valence-electron chi connectivity index (χ2n) is 8.11. The SMILES string of the molecule is Cn1nccc1C(NN)C12CC3CC(CC(C)(C3)C1)C2. The van der Waals surface area contributed by atoms with Crippen molar-refractivity contribution in [2.45, 2.75) is 51.5 Å². The third kappa shape index (κ3) is 1.70. The molecule has 0 saturated heterocycles. The van der Waals surface area contributed by atoms with Crippen LogP contribution in [0.15, 0.2) is 12.3 Å². The van der Waals surface area contributed by atoms with Crippen LogP contribution in [0, 0.1) is 22.7 Å². The average Bonchev–Trinajstić information content (AvgIpc) is 2.73. The van der Waals surface area contributed by atoms with Crippen LogP contribution in [-0.2, 0) is 7.05 Å². The molecule has 3 atom stereocenters. The number of aromatic nitrogens is 2. The van der Waals surface area contributed by atoms with E-state index in [1.165, 1.54) is 44.2 Å². The highest BCUT2D eigenvalue weighted by Gasteiger charge is 2.58. The van der Waals surface area contributed by atoms with Crippen LogP contribution in [0.5, 0.6) is 0 Å². The number of nitrogens with two attached hydrogens (primary N) is 1. The number of aryl methyl sites for hydroxylation is 1. The van der Waals surface area contributed by atoms with Gasteiger partial charge in [-0.25, -0.2) is 0 Å². The molecule has 0 radical (unpaired) electrons. The van der Waals surface area contributed by atoms with Crippen molar-refractivity contribution >= 4 is 0 Å².